The molecule has 0 aliphatic carbocycles. The molecule has 2 aromatic carbocycles. The molecular formula is C29H33F7N4O3. The van der Waals surface area contributed by atoms with Crippen molar-refractivity contribution in [2.24, 2.45) is 0 Å². The summed E-state index contributed by atoms with van der Waals surface area (Å²) < 4.78 is 94.1. The van der Waals surface area contributed by atoms with E-state index in [9.17, 15) is 40.3 Å². The summed E-state index contributed by atoms with van der Waals surface area (Å²) in [7, 11) is 1.23. The van der Waals surface area contributed by atoms with E-state index in [0.29, 0.717) is 56.7 Å². The molecule has 236 valence electrons. The summed E-state index contributed by atoms with van der Waals surface area (Å²) in [5.74, 6) is -0.448. The predicted molar refractivity (Wildman–Crippen MR) is 142 cm³/mol. The predicted octanol–water partition coefficient (Wildman–Crippen LogP) is 6.28. The fourth-order valence-electron chi connectivity index (χ4n) is 5.52. The molecule has 2 heterocycles. The van der Waals surface area contributed by atoms with Crippen LogP contribution in [0.25, 0.3) is 0 Å². The zero-order chi connectivity index (χ0) is 31.7. The molecule has 4 rings (SSSR count). The van der Waals surface area contributed by atoms with Crippen LogP contribution in [0.15, 0.2) is 42.5 Å². The molecule has 0 saturated carbocycles. The number of piperazine rings is 1. The van der Waals surface area contributed by atoms with Gasteiger partial charge in [-0.2, -0.15) is 26.3 Å². The summed E-state index contributed by atoms with van der Waals surface area (Å²) in [6.45, 7) is 5.60. The van der Waals surface area contributed by atoms with Gasteiger partial charge in [-0.1, -0.05) is 12.1 Å². The van der Waals surface area contributed by atoms with Crippen molar-refractivity contribution in [2.45, 2.75) is 57.2 Å². The van der Waals surface area contributed by atoms with Crippen LogP contribution in [0.2, 0.25) is 0 Å². The number of halogens is 7. The smallest absolute Gasteiger partial charge is 0.350 e. The lowest BCUT2D eigenvalue weighted by Gasteiger charge is -2.45. The Morgan fingerprint density at radius 2 is 1.47 bits per heavy atom. The molecule has 0 radical (unpaired) electrons. The van der Waals surface area contributed by atoms with Gasteiger partial charge in [0.25, 0.3) is 0 Å². The van der Waals surface area contributed by atoms with Crippen molar-refractivity contribution in [1.82, 2.24) is 19.8 Å². The van der Waals surface area contributed by atoms with Gasteiger partial charge in [-0.25, -0.2) is 9.18 Å². The summed E-state index contributed by atoms with van der Waals surface area (Å²) in [5, 5.41) is 1.42. The van der Waals surface area contributed by atoms with Crippen molar-refractivity contribution >= 4 is 12.0 Å². The van der Waals surface area contributed by atoms with Crippen molar-refractivity contribution in [3.63, 3.8) is 0 Å². The van der Waals surface area contributed by atoms with Crippen LogP contribution in [0.5, 0.6) is 0 Å². The largest absolute Gasteiger partial charge is 0.429 e. The summed E-state index contributed by atoms with van der Waals surface area (Å²) in [6.07, 6.45) is -9.94. The topological polar surface area (TPSA) is 56.3 Å². The first-order chi connectivity index (χ1) is 20.0. The Morgan fingerprint density at radius 1 is 0.907 bits per heavy atom. The van der Waals surface area contributed by atoms with Gasteiger partial charge in [0, 0.05) is 52.7 Å². The lowest BCUT2D eigenvalue weighted by Crippen LogP contribution is -2.54. The van der Waals surface area contributed by atoms with Gasteiger partial charge in [0.1, 0.15) is 5.82 Å². The number of carbonyl (C=O) groups is 2. The van der Waals surface area contributed by atoms with Crippen LogP contribution in [-0.2, 0) is 22.0 Å². The minimum atomic E-state index is -5.03. The fraction of sp³-hybridized carbons (Fsp3) is 0.517. The highest BCUT2D eigenvalue weighted by Gasteiger charge is 2.39. The lowest BCUT2D eigenvalue weighted by molar-refractivity contribution is -0.168. The molecule has 43 heavy (non-hydrogen) atoms. The minimum Gasteiger partial charge on any atom is -0.350 e. The fourth-order valence-corrected chi connectivity index (χ4v) is 5.52. The quantitative estimate of drug-likeness (QED) is 0.370. The normalized spacial score (nSPS) is 21.4. The van der Waals surface area contributed by atoms with Gasteiger partial charge < -0.3 is 14.6 Å². The molecule has 3 atom stereocenters. The highest BCUT2D eigenvalue weighted by Crippen LogP contribution is 2.39. The van der Waals surface area contributed by atoms with E-state index in [4.69, 9.17) is 4.84 Å². The standard InChI is InChI=1S/C29H33F7N4O3/c1-18(21-14-22(28(31,32)33)16-23(15-21)29(34,35)36)37(3)27(42)43-40-9-8-25(39-12-10-38(11-13-39)19(2)41)17-26(40)20-4-6-24(30)7-5-20/h4-7,14-16,18,25-26H,8-13,17H2,1-3H3/t18-,25-,26-/m1/s1. The first-order valence-electron chi connectivity index (χ1n) is 13.8. The number of alkyl halides is 6. The van der Waals surface area contributed by atoms with Crippen LogP contribution < -0.4 is 0 Å². The van der Waals surface area contributed by atoms with Crippen LogP contribution in [0.3, 0.4) is 0 Å². The Kier molecular flexibility index (Phi) is 9.60. The van der Waals surface area contributed by atoms with E-state index >= 15 is 0 Å². The summed E-state index contributed by atoms with van der Waals surface area (Å²) in [6, 6.07) is 5.29. The van der Waals surface area contributed by atoms with Crippen LogP contribution >= 0.6 is 0 Å². The van der Waals surface area contributed by atoms with Gasteiger partial charge >= 0.3 is 18.4 Å². The molecule has 14 heteroatoms. The molecule has 0 spiro atoms. The summed E-state index contributed by atoms with van der Waals surface area (Å²) >= 11 is 0. The minimum absolute atomic E-state index is 0.00341. The van der Waals surface area contributed by atoms with Crippen molar-refractivity contribution in [1.29, 1.82) is 0 Å². The first kappa shape index (κ1) is 32.5. The first-order valence-corrected chi connectivity index (χ1v) is 13.8. The number of hydrogen-bond donors (Lipinski definition) is 0. The Balaban J connectivity index is 1.52. The van der Waals surface area contributed by atoms with Crippen molar-refractivity contribution in [2.75, 3.05) is 39.8 Å². The molecule has 0 bridgehead atoms. The monoisotopic (exact) mass is 618 g/mol. The molecule has 0 unspecified atom stereocenters. The van der Waals surface area contributed by atoms with E-state index in [1.54, 1.807) is 17.0 Å². The van der Waals surface area contributed by atoms with E-state index < -0.39 is 47.5 Å². The molecule has 2 aromatic rings. The number of piperidine rings is 1. The van der Waals surface area contributed by atoms with Gasteiger partial charge in [-0.3, -0.25) is 9.69 Å². The van der Waals surface area contributed by atoms with Crippen LogP contribution in [0.4, 0.5) is 35.5 Å². The molecule has 2 aliphatic heterocycles. The van der Waals surface area contributed by atoms with Crippen molar-refractivity contribution in [3.05, 3.63) is 70.5 Å². The number of carbonyl (C=O) groups excluding carboxylic acids is 2. The van der Waals surface area contributed by atoms with Gasteiger partial charge in [-0.15, -0.1) is 5.06 Å². The van der Waals surface area contributed by atoms with E-state index in [-0.39, 0.29) is 30.1 Å². The van der Waals surface area contributed by atoms with E-state index in [1.807, 2.05) is 0 Å². The molecule has 7 nitrogen and oxygen atoms in total. The third kappa shape index (κ3) is 7.77. The van der Waals surface area contributed by atoms with Crippen LogP contribution in [0.1, 0.15) is 61.0 Å². The Bertz CT molecular complexity index is 1260. The summed E-state index contributed by atoms with van der Waals surface area (Å²) in [4.78, 5) is 35.6. The van der Waals surface area contributed by atoms with Crippen LogP contribution in [-0.4, -0.2) is 77.6 Å². The SMILES string of the molecule is CC(=O)N1CCN([C@@H]2CCN(OC(=O)N(C)[C@H](C)c3cc(C(F)(F)F)cc(C(F)(F)F)c3)[C@@H](c3ccc(F)cc3)C2)CC1. The molecule has 2 amide bonds. The van der Waals surface area contributed by atoms with Gasteiger partial charge in [-0.05, 0) is 61.2 Å². The average molecular weight is 619 g/mol. The zero-order valence-corrected chi connectivity index (χ0v) is 23.9. The van der Waals surface area contributed by atoms with E-state index in [2.05, 4.69) is 4.90 Å². The molecule has 2 saturated heterocycles. The number of amides is 2. The maximum Gasteiger partial charge on any atom is 0.429 e. The second kappa shape index (κ2) is 12.7. The lowest BCUT2D eigenvalue weighted by atomic mass is 9.92. The Hall–Kier alpha value is -3.39. The Morgan fingerprint density at radius 3 is 1.98 bits per heavy atom. The molecule has 2 aliphatic rings. The van der Waals surface area contributed by atoms with Crippen LogP contribution in [0, 0.1) is 5.82 Å². The summed E-state index contributed by atoms with van der Waals surface area (Å²) in [5.41, 5.74) is -2.65. The average Bonchev–Trinajstić information content (AvgIpc) is 2.96. The van der Waals surface area contributed by atoms with Gasteiger partial charge in [0.2, 0.25) is 5.91 Å². The van der Waals surface area contributed by atoms with Gasteiger partial charge in [0.15, 0.2) is 0 Å². The maximum atomic E-state index is 13.7. The molecule has 2 fully saturated rings. The van der Waals surface area contributed by atoms with Crippen molar-refractivity contribution < 1.29 is 45.2 Å². The second-order valence-electron chi connectivity index (χ2n) is 10.9. The highest BCUT2D eigenvalue weighted by molar-refractivity contribution is 5.73. The Labute approximate surface area is 244 Å². The third-order valence-corrected chi connectivity index (χ3v) is 8.21. The van der Waals surface area contributed by atoms with Crippen molar-refractivity contribution in [3.8, 4) is 0 Å². The number of benzene rings is 2. The molecule has 0 N–H and O–H groups in total. The number of hydrogen-bond acceptors (Lipinski definition) is 5. The third-order valence-electron chi connectivity index (χ3n) is 8.21. The maximum absolute atomic E-state index is 13.7. The number of nitrogens with zero attached hydrogens (tertiary/aromatic N) is 4. The highest BCUT2D eigenvalue weighted by atomic mass is 19.4. The molecular weight excluding hydrogens is 585 g/mol. The zero-order valence-electron chi connectivity index (χ0n) is 23.9. The van der Waals surface area contributed by atoms with E-state index in [0.717, 1.165) is 4.90 Å². The van der Waals surface area contributed by atoms with Gasteiger partial charge in [0.05, 0.1) is 23.2 Å². The number of hydroxylamine groups is 2. The van der Waals surface area contributed by atoms with E-state index in [1.165, 1.54) is 38.1 Å². The second-order valence-corrected chi connectivity index (χ2v) is 10.9. The molecule has 0 aromatic heterocycles. The number of rotatable bonds is 5.